The highest BCUT2D eigenvalue weighted by molar-refractivity contribution is 7.89. The minimum absolute atomic E-state index is 0.0797. The molecule has 2 heterocycles. The lowest BCUT2D eigenvalue weighted by Crippen LogP contribution is -2.52. The molecular formula is C13H19F2N3O4S. The molecule has 0 spiro atoms. The predicted octanol–water partition coefficient (Wildman–Crippen LogP) is 1.25. The molecule has 1 aliphatic heterocycles. The molecule has 23 heavy (non-hydrogen) atoms. The van der Waals surface area contributed by atoms with Gasteiger partial charge in [-0.1, -0.05) is 0 Å². The van der Waals surface area contributed by atoms with E-state index >= 15 is 0 Å². The van der Waals surface area contributed by atoms with E-state index in [0.717, 1.165) is 0 Å². The number of carbonyl (C=O) groups is 1. The maximum absolute atomic E-state index is 14.0. The molecule has 1 aliphatic rings. The molecule has 0 radical (unpaired) electrons. The molecule has 130 valence electrons. The summed E-state index contributed by atoms with van der Waals surface area (Å²) in [5.74, 6) is -7.09. The first-order chi connectivity index (χ1) is 10.5. The number of aliphatic carboxylic acids is 1. The van der Waals surface area contributed by atoms with Gasteiger partial charge in [-0.15, -0.1) is 0 Å². The second kappa shape index (κ2) is 5.82. The third kappa shape index (κ3) is 2.97. The fraction of sp³-hybridized carbons (Fsp3) is 0.692. The Bertz CT molecular complexity index is 730. The predicted molar refractivity (Wildman–Crippen MR) is 76.8 cm³/mol. The van der Waals surface area contributed by atoms with Crippen molar-refractivity contribution in [1.82, 2.24) is 14.1 Å². The van der Waals surface area contributed by atoms with Crippen LogP contribution in [0, 0.1) is 19.8 Å². The van der Waals surface area contributed by atoms with Crippen molar-refractivity contribution >= 4 is 16.0 Å². The van der Waals surface area contributed by atoms with Gasteiger partial charge in [-0.05, 0) is 27.2 Å². The Labute approximate surface area is 132 Å². The number of halogens is 2. The Morgan fingerprint density at radius 3 is 2.48 bits per heavy atom. The number of alkyl halides is 2. The largest absolute Gasteiger partial charge is 0.481 e. The van der Waals surface area contributed by atoms with E-state index in [1.165, 1.54) is 11.6 Å². The van der Waals surface area contributed by atoms with Crippen LogP contribution in [0.4, 0.5) is 8.78 Å². The first-order valence-electron chi connectivity index (χ1n) is 7.17. The number of aryl methyl sites for hydroxylation is 2. The van der Waals surface area contributed by atoms with Crippen molar-refractivity contribution in [3.63, 3.8) is 0 Å². The molecule has 1 N–H and O–H groups in total. The van der Waals surface area contributed by atoms with Crippen molar-refractivity contribution in [2.45, 2.75) is 44.6 Å². The second-order valence-corrected chi connectivity index (χ2v) is 7.47. The van der Waals surface area contributed by atoms with E-state index in [1.54, 1.807) is 13.8 Å². The van der Waals surface area contributed by atoms with Crippen molar-refractivity contribution in [2.24, 2.45) is 5.92 Å². The third-order valence-electron chi connectivity index (χ3n) is 4.07. The molecule has 0 aliphatic carbocycles. The fourth-order valence-corrected chi connectivity index (χ4v) is 4.75. The van der Waals surface area contributed by atoms with E-state index in [1.807, 2.05) is 0 Å². The maximum atomic E-state index is 14.0. The molecule has 1 unspecified atom stereocenters. The van der Waals surface area contributed by atoms with Crippen LogP contribution in [0.25, 0.3) is 0 Å². The molecule has 2 rings (SSSR count). The van der Waals surface area contributed by atoms with Gasteiger partial charge in [-0.2, -0.15) is 9.40 Å². The zero-order chi connectivity index (χ0) is 17.6. The zero-order valence-corrected chi connectivity index (χ0v) is 13.9. The average molecular weight is 351 g/mol. The summed E-state index contributed by atoms with van der Waals surface area (Å²) in [5.41, 5.74) is 0.627. The minimum Gasteiger partial charge on any atom is -0.481 e. The second-order valence-electron chi connectivity index (χ2n) is 5.59. The quantitative estimate of drug-likeness (QED) is 0.881. The monoisotopic (exact) mass is 351 g/mol. The van der Waals surface area contributed by atoms with E-state index < -0.39 is 40.8 Å². The van der Waals surface area contributed by atoms with Gasteiger partial charge in [0.1, 0.15) is 10.8 Å². The van der Waals surface area contributed by atoms with Crippen LogP contribution >= 0.6 is 0 Å². The first-order valence-corrected chi connectivity index (χ1v) is 8.61. The summed E-state index contributed by atoms with van der Waals surface area (Å²) in [7, 11) is -4.16. The Kier molecular flexibility index (Phi) is 4.51. The van der Waals surface area contributed by atoms with Crippen molar-refractivity contribution in [3.8, 4) is 0 Å². The van der Waals surface area contributed by atoms with Gasteiger partial charge in [-0.25, -0.2) is 17.2 Å². The number of aromatic nitrogens is 2. The summed E-state index contributed by atoms with van der Waals surface area (Å²) >= 11 is 0. The van der Waals surface area contributed by atoms with Crippen LogP contribution in [0.3, 0.4) is 0 Å². The lowest BCUT2D eigenvalue weighted by molar-refractivity contribution is -0.163. The van der Waals surface area contributed by atoms with Crippen LogP contribution in [-0.2, 0) is 21.4 Å². The van der Waals surface area contributed by atoms with Crippen LogP contribution in [-0.4, -0.2) is 52.6 Å². The number of piperidine rings is 1. The van der Waals surface area contributed by atoms with Crippen molar-refractivity contribution in [2.75, 3.05) is 13.1 Å². The molecule has 1 saturated heterocycles. The number of carboxylic acids is 1. The van der Waals surface area contributed by atoms with Crippen molar-refractivity contribution < 1.29 is 27.1 Å². The molecule has 0 saturated carbocycles. The molecule has 7 nitrogen and oxygen atoms in total. The summed E-state index contributed by atoms with van der Waals surface area (Å²) < 4.78 is 55.5. The molecule has 1 fully saturated rings. The Balaban J connectivity index is 2.39. The smallest absolute Gasteiger partial charge is 0.312 e. The van der Waals surface area contributed by atoms with E-state index in [0.29, 0.717) is 16.5 Å². The summed E-state index contributed by atoms with van der Waals surface area (Å²) in [4.78, 5) is 10.8. The van der Waals surface area contributed by atoms with Crippen LogP contribution in [0.2, 0.25) is 0 Å². The van der Waals surface area contributed by atoms with Gasteiger partial charge in [0.2, 0.25) is 10.0 Å². The first kappa shape index (κ1) is 17.8. The van der Waals surface area contributed by atoms with Crippen LogP contribution in [0.1, 0.15) is 24.7 Å². The van der Waals surface area contributed by atoms with E-state index in [9.17, 15) is 22.0 Å². The van der Waals surface area contributed by atoms with E-state index in [4.69, 9.17) is 5.11 Å². The topological polar surface area (TPSA) is 92.5 Å². The van der Waals surface area contributed by atoms with Crippen LogP contribution in [0.5, 0.6) is 0 Å². The number of hydrogen-bond donors (Lipinski definition) is 1. The standard InChI is InChI=1S/C13H19F2N3O4S/c1-4-18-9(3)11(8(2)16-18)23(21,22)17-6-5-10(12(19)20)13(14,15)7-17/h10H,4-7H2,1-3H3,(H,19,20). The molecular weight excluding hydrogens is 332 g/mol. The maximum Gasteiger partial charge on any atom is 0.312 e. The Hall–Kier alpha value is -1.55. The van der Waals surface area contributed by atoms with Gasteiger partial charge in [0, 0.05) is 13.1 Å². The number of hydrogen-bond acceptors (Lipinski definition) is 4. The highest BCUT2D eigenvalue weighted by atomic mass is 32.2. The van der Waals surface area contributed by atoms with E-state index in [-0.39, 0.29) is 17.1 Å². The zero-order valence-electron chi connectivity index (χ0n) is 13.1. The highest BCUT2D eigenvalue weighted by Crippen LogP contribution is 2.36. The lowest BCUT2D eigenvalue weighted by atomic mass is 9.94. The Morgan fingerprint density at radius 1 is 1.43 bits per heavy atom. The van der Waals surface area contributed by atoms with Gasteiger partial charge in [0.05, 0.1) is 17.9 Å². The van der Waals surface area contributed by atoms with Crippen molar-refractivity contribution in [1.29, 1.82) is 0 Å². The van der Waals surface area contributed by atoms with Gasteiger partial charge in [-0.3, -0.25) is 9.48 Å². The van der Waals surface area contributed by atoms with E-state index in [2.05, 4.69) is 5.10 Å². The molecule has 0 bridgehead atoms. The number of sulfonamides is 1. The minimum atomic E-state index is -4.16. The summed E-state index contributed by atoms with van der Waals surface area (Å²) in [6.45, 7) is 3.93. The number of carboxylic acid groups (broad SMARTS) is 1. The van der Waals surface area contributed by atoms with Crippen LogP contribution < -0.4 is 0 Å². The molecule has 0 aromatic carbocycles. The molecule has 0 amide bonds. The number of nitrogens with zero attached hydrogens (tertiary/aromatic N) is 3. The molecule has 1 aromatic heterocycles. The lowest BCUT2D eigenvalue weighted by Gasteiger charge is -2.35. The SMILES string of the molecule is CCn1nc(C)c(S(=O)(=O)N2CCC(C(=O)O)C(F)(F)C2)c1C. The highest BCUT2D eigenvalue weighted by Gasteiger charge is 2.51. The molecule has 1 aromatic rings. The Morgan fingerprint density at radius 2 is 2.04 bits per heavy atom. The normalized spacial score (nSPS) is 22.2. The molecule has 10 heteroatoms. The third-order valence-corrected chi connectivity index (χ3v) is 6.17. The fourth-order valence-electron chi connectivity index (χ4n) is 2.91. The summed E-state index contributed by atoms with van der Waals surface area (Å²) in [6, 6.07) is 0. The van der Waals surface area contributed by atoms with Gasteiger partial charge >= 0.3 is 5.97 Å². The molecule has 1 atom stereocenters. The van der Waals surface area contributed by atoms with Gasteiger partial charge < -0.3 is 5.11 Å². The van der Waals surface area contributed by atoms with Crippen molar-refractivity contribution in [3.05, 3.63) is 11.4 Å². The summed E-state index contributed by atoms with van der Waals surface area (Å²) in [5, 5.41) is 12.9. The summed E-state index contributed by atoms with van der Waals surface area (Å²) in [6.07, 6.45) is -0.429. The van der Waals surface area contributed by atoms with Crippen LogP contribution in [0.15, 0.2) is 4.90 Å². The van der Waals surface area contributed by atoms with Gasteiger partial charge in [0.25, 0.3) is 5.92 Å². The van der Waals surface area contributed by atoms with Gasteiger partial charge in [0.15, 0.2) is 0 Å². The number of rotatable bonds is 4. The average Bonchev–Trinajstić information content (AvgIpc) is 2.71.